The van der Waals surface area contributed by atoms with Crippen LogP contribution in [0.25, 0.3) is 0 Å². The number of anilines is 2. The van der Waals surface area contributed by atoms with E-state index in [1.807, 2.05) is 97.2 Å². The zero-order valence-corrected chi connectivity index (χ0v) is 52.7. The number of amides is 2. The van der Waals surface area contributed by atoms with E-state index in [-0.39, 0.29) is 96.4 Å². The number of thioether (sulfide) groups is 1. The van der Waals surface area contributed by atoms with Gasteiger partial charge in [-0.2, -0.15) is 11.8 Å². The van der Waals surface area contributed by atoms with Crippen molar-refractivity contribution < 1.29 is 84.0 Å². The van der Waals surface area contributed by atoms with Gasteiger partial charge in [-0.25, -0.2) is 4.79 Å². The number of carbonyl (C=O) groups excluding carboxylic acids is 5. The highest BCUT2D eigenvalue weighted by Crippen LogP contribution is 2.33. The molecule has 0 bridgehead atoms. The summed E-state index contributed by atoms with van der Waals surface area (Å²) < 4.78 is 0. The van der Waals surface area contributed by atoms with E-state index >= 15 is 0 Å². The summed E-state index contributed by atoms with van der Waals surface area (Å²) in [5, 5.41) is 93.5. The molecule has 31 heteroatoms. The van der Waals surface area contributed by atoms with Crippen LogP contribution in [0.15, 0.2) is 48.5 Å². The van der Waals surface area contributed by atoms with Crippen molar-refractivity contribution in [2.75, 3.05) is 194 Å². The van der Waals surface area contributed by atoms with Crippen LogP contribution in [0.3, 0.4) is 0 Å². The number of urea groups is 1. The predicted molar refractivity (Wildman–Crippen MR) is 340 cm³/mol. The van der Waals surface area contributed by atoms with E-state index in [9.17, 15) is 64.8 Å². The molecule has 6 rings (SSSR count). The Morgan fingerprint density at radius 3 is 1.20 bits per heavy atom. The van der Waals surface area contributed by atoms with Gasteiger partial charge in [0, 0.05) is 152 Å². The number of fused-ring (bicyclic) bond motifs is 1. The van der Waals surface area contributed by atoms with E-state index in [1.54, 1.807) is 29.4 Å². The minimum Gasteiger partial charge on any atom is -0.480 e. The predicted octanol–water partition coefficient (Wildman–Crippen LogP) is -2.49. The second kappa shape index (κ2) is 46.7. The molecule has 2 amide bonds. The van der Waals surface area contributed by atoms with E-state index in [2.05, 4.69) is 26.2 Å². The van der Waals surface area contributed by atoms with Crippen LogP contribution in [0.5, 0.6) is 0 Å². The molecule has 0 aliphatic carbocycles. The number of hydrogen-bond donors (Lipinski definition) is 12. The van der Waals surface area contributed by atoms with Gasteiger partial charge in [0.15, 0.2) is 0 Å². The number of nitrogens with one attached hydrogen (secondary N) is 4. The normalized spacial score (nSPS) is 21.5. The fourth-order valence-corrected chi connectivity index (χ4v) is 12.9. The highest BCUT2D eigenvalue weighted by Gasteiger charge is 2.42. The maximum atomic E-state index is 12.2. The molecule has 0 saturated carbocycles. The number of unbranched alkanes of at least 4 members (excludes halogenated alkanes) is 1. The molecule has 4 aliphatic heterocycles. The van der Waals surface area contributed by atoms with Crippen LogP contribution >= 0.6 is 11.8 Å². The molecule has 4 aliphatic rings. The van der Waals surface area contributed by atoms with Gasteiger partial charge in [0.05, 0.1) is 65.2 Å². The molecule has 5 unspecified atom stereocenters. The number of carboxylic acids is 4. The Labute approximate surface area is 532 Å². The number of rotatable bonds is 29. The average molecular weight is 1290 g/mol. The third-order valence-electron chi connectivity index (χ3n) is 16.0. The monoisotopic (exact) mass is 1290 g/mol. The van der Waals surface area contributed by atoms with E-state index in [1.165, 1.54) is 0 Å². The van der Waals surface area contributed by atoms with Crippen molar-refractivity contribution in [3.05, 3.63) is 59.7 Å². The van der Waals surface area contributed by atoms with Gasteiger partial charge in [-0.05, 0) is 67.6 Å². The molecule has 2 aromatic carbocycles. The molecule has 2 aromatic rings. The standard InChI is InChI=1S/C55H91N13O13S.4CH2O/c69-38-61-17-19-63(40-71)25-27-67(35-52(77)78)46(31-65(23-21-61)33-50(73)74)29-42-4-8-44(9-5-42)56-12-15-60(14-2-1-3-49-54-48(37-82-49)58-55(81)59-54)16-13-57-45-10-6-43(7-11-45)30-47-32-66(34-51(75)76)24-22-62(39-70)18-20-64(41-72)26-28-68(47)36-53(79)80;4*1-2/h4-11,46-49,54,56-57,69-72H,1-3,12-41H2,(H,73,74)(H,75,76)(H,77,78)(H,79,80)(H2,58,59,81);4*1H2. The van der Waals surface area contributed by atoms with Gasteiger partial charge in [-0.15, -0.1) is 0 Å². The molecular formula is C59H99N13O17S. The summed E-state index contributed by atoms with van der Waals surface area (Å²) in [7, 11) is 0. The molecular weight excluding hydrogens is 1190 g/mol. The van der Waals surface area contributed by atoms with E-state index in [0.717, 1.165) is 67.2 Å². The van der Waals surface area contributed by atoms with Crippen molar-refractivity contribution in [2.24, 2.45) is 0 Å². The zero-order valence-electron chi connectivity index (χ0n) is 51.9. The molecule has 508 valence electrons. The highest BCUT2D eigenvalue weighted by molar-refractivity contribution is 8.00. The van der Waals surface area contributed by atoms with Crippen LogP contribution in [0, 0.1) is 0 Å². The molecule has 5 atom stereocenters. The number of nitrogens with zero attached hydrogens (tertiary/aromatic N) is 9. The lowest BCUT2D eigenvalue weighted by Gasteiger charge is -2.37. The summed E-state index contributed by atoms with van der Waals surface area (Å²) in [5.74, 6) is -3.09. The summed E-state index contributed by atoms with van der Waals surface area (Å²) in [5.41, 5.74) is 3.73. The average Bonchev–Trinajstić information content (AvgIpc) is 1.71. The van der Waals surface area contributed by atoms with Crippen molar-refractivity contribution in [1.29, 1.82) is 0 Å². The van der Waals surface area contributed by atoms with E-state index in [4.69, 9.17) is 19.2 Å². The molecule has 90 heavy (non-hydrogen) atoms. The number of aliphatic hydroxyl groups is 4. The first-order chi connectivity index (χ1) is 43.6. The highest BCUT2D eigenvalue weighted by atomic mass is 32.2. The first-order valence-electron chi connectivity index (χ1n) is 29.9. The number of benzene rings is 2. The number of carboxylic acid groups (broad SMARTS) is 4. The van der Waals surface area contributed by atoms with Gasteiger partial charge < -0.3 is 81.3 Å². The summed E-state index contributed by atoms with van der Waals surface area (Å²) in [6, 6.07) is 15.5. The quantitative estimate of drug-likeness (QED) is 0.0296. The van der Waals surface area contributed by atoms with Crippen LogP contribution in [0.4, 0.5) is 16.2 Å². The Bertz CT molecular complexity index is 2190. The van der Waals surface area contributed by atoms with E-state index in [0.29, 0.717) is 110 Å². The van der Waals surface area contributed by atoms with Gasteiger partial charge in [-0.3, -0.25) is 63.3 Å². The third kappa shape index (κ3) is 30.7. The molecule has 0 radical (unpaired) electrons. The van der Waals surface area contributed by atoms with Gasteiger partial charge in [0.1, 0.15) is 27.2 Å². The number of carbonyl (C=O) groups is 9. The van der Waals surface area contributed by atoms with Crippen LogP contribution in [-0.2, 0) is 51.2 Å². The van der Waals surface area contributed by atoms with Gasteiger partial charge in [0.25, 0.3) is 0 Å². The molecule has 4 saturated heterocycles. The maximum Gasteiger partial charge on any atom is 0.317 e. The molecule has 0 aromatic heterocycles. The van der Waals surface area contributed by atoms with Crippen molar-refractivity contribution in [1.82, 2.24) is 54.7 Å². The third-order valence-corrected chi connectivity index (χ3v) is 17.5. The second-order valence-corrected chi connectivity index (χ2v) is 23.2. The van der Waals surface area contributed by atoms with Crippen molar-refractivity contribution in [3.63, 3.8) is 0 Å². The number of hydrogen-bond acceptors (Lipinski definition) is 25. The lowest BCUT2D eigenvalue weighted by Crippen LogP contribution is -2.53. The topological polar surface area (TPSA) is 393 Å². The molecule has 30 nitrogen and oxygen atoms in total. The Hall–Kier alpha value is -6.30. The Morgan fingerprint density at radius 1 is 0.489 bits per heavy atom. The molecule has 4 fully saturated rings. The van der Waals surface area contributed by atoms with Gasteiger partial charge in [-0.1, -0.05) is 30.7 Å². The SMILES string of the molecule is C=O.C=O.C=O.C=O.O=C(O)CN1CCN(CO)CCN(CO)CCN(CC(=O)O)C(Cc2ccc(NCCN(CCCCC3SCC4NC(=O)NC43)CCNc3ccc(CC4CN(CC(=O)O)CCN(CO)CCN(CO)CCN4CC(=O)O)cc3)cc2)C1. The lowest BCUT2D eigenvalue weighted by atomic mass is 10.0. The Kier molecular flexibility index (Phi) is 41.4. The van der Waals surface area contributed by atoms with Crippen molar-refractivity contribution in [3.8, 4) is 0 Å². The molecule has 12 N–H and O–H groups in total. The molecule has 4 heterocycles. The summed E-state index contributed by atoms with van der Waals surface area (Å²) in [6.45, 7) is 15.1. The van der Waals surface area contributed by atoms with Crippen LogP contribution in [-0.4, -0.2) is 355 Å². The fourth-order valence-electron chi connectivity index (χ4n) is 11.3. The summed E-state index contributed by atoms with van der Waals surface area (Å²) in [4.78, 5) is 109. The maximum absolute atomic E-state index is 12.2. The zero-order chi connectivity index (χ0) is 66.8. The molecule has 0 spiro atoms. The first-order valence-corrected chi connectivity index (χ1v) is 31.0. The van der Waals surface area contributed by atoms with Crippen molar-refractivity contribution in [2.45, 2.75) is 61.5 Å². The minimum atomic E-state index is -1.00. The van der Waals surface area contributed by atoms with Crippen LogP contribution < -0.4 is 21.3 Å². The summed E-state index contributed by atoms with van der Waals surface area (Å²) >= 11 is 1.91. The van der Waals surface area contributed by atoms with Crippen LogP contribution in [0.2, 0.25) is 0 Å². The minimum absolute atomic E-state index is 0.0901. The smallest absolute Gasteiger partial charge is 0.317 e. The Morgan fingerprint density at radius 2 is 0.844 bits per heavy atom. The van der Waals surface area contributed by atoms with Gasteiger partial charge >= 0.3 is 29.9 Å². The first kappa shape index (κ1) is 79.8. The fraction of sp³-hybridized carbons (Fsp3) is 0.644. The van der Waals surface area contributed by atoms with E-state index < -0.39 is 23.9 Å². The summed E-state index contributed by atoms with van der Waals surface area (Å²) in [6.07, 6.45) is 3.90. The Balaban J connectivity index is 0.00000331. The lowest BCUT2D eigenvalue weighted by molar-refractivity contribution is -0.141. The van der Waals surface area contributed by atoms with Gasteiger partial charge in [0.2, 0.25) is 0 Å². The second-order valence-electron chi connectivity index (χ2n) is 21.9. The van der Waals surface area contributed by atoms with Crippen LogP contribution in [0.1, 0.15) is 30.4 Å². The number of aliphatic carboxylic acids is 4. The van der Waals surface area contributed by atoms with Crippen molar-refractivity contribution >= 4 is 80.2 Å². The largest absolute Gasteiger partial charge is 0.480 e. The number of aliphatic hydroxyl groups excluding tert-OH is 4.